The highest BCUT2D eigenvalue weighted by Gasteiger charge is 2.32. The molecule has 0 saturated heterocycles. The van der Waals surface area contributed by atoms with Crippen molar-refractivity contribution in [1.29, 1.82) is 0 Å². The molecule has 3 N–H and O–H groups in total. The lowest BCUT2D eigenvalue weighted by atomic mass is 9.69. The van der Waals surface area contributed by atoms with E-state index in [0.717, 1.165) is 79.1 Å². The first kappa shape index (κ1) is 29.7. The van der Waals surface area contributed by atoms with Gasteiger partial charge in [-0.3, -0.25) is 19.3 Å². The largest absolute Gasteiger partial charge is 0.522 e. The molecule has 3 aliphatic rings. The van der Waals surface area contributed by atoms with Crippen molar-refractivity contribution in [3.05, 3.63) is 40.5 Å². The summed E-state index contributed by atoms with van der Waals surface area (Å²) in [6, 6.07) is 5.38. The maximum absolute atomic E-state index is 12.9. The van der Waals surface area contributed by atoms with Crippen molar-refractivity contribution in [3.8, 4) is 0 Å². The first-order valence-electron chi connectivity index (χ1n) is 14.9. The molecule has 0 bridgehead atoms. The number of carbonyl (C=O) groups excluding carboxylic acids is 4. The van der Waals surface area contributed by atoms with Gasteiger partial charge in [-0.15, -0.1) is 0 Å². The summed E-state index contributed by atoms with van der Waals surface area (Å²) in [6.07, 6.45) is 9.07. The minimum absolute atomic E-state index is 0.132. The summed E-state index contributed by atoms with van der Waals surface area (Å²) >= 11 is 0. The topological polar surface area (TPSA) is 117 Å². The molecule has 0 aromatic heterocycles. The molecule has 9 nitrogen and oxygen atoms in total. The van der Waals surface area contributed by atoms with Crippen LogP contribution in [0.15, 0.2) is 29.3 Å². The highest BCUT2D eigenvalue weighted by atomic mass is 16.5. The molecule has 1 aromatic carbocycles. The van der Waals surface area contributed by atoms with Crippen LogP contribution >= 0.6 is 0 Å². The molecular weight excluding hydrogens is 507 g/mol. The molecular formula is C30H43BN4O5. The van der Waals surface area contributed by atoms with Gasteiger partial charge in [-0.2, -0.15) is 0 Å². The molecule has 1 fully saturated rings. The number of rotatable bonds is 6. The fourth-order valence-corrected chi connectivity index (χ4v) is 5.94. The van der Waals surface area contributed by atoms with E-state index in [2.05, 4.69) is 28.9 Å². The van der Waals surface area contributed by atoms with Crippen LogP contribution in [0.4, 0.5) is 9.59 Å². The third-order valence-corrected chi connectivity index (χ3v) is 8.38. The Bertz CT molecular complexity index is 1140. The summed E-state index contributed by atoms with van der Waals surface area (Å²) in [7, 11) is -0.860. The number of nitrogens with one attached hydrogen (secondary N) is 3. The van der Waals surface area contributed by atoms with Crippen LogP contribution in [0.1, 0.15) is 89.7 Å². The van der Waals surface area contributed by atoms with Gasteiger partial charge in [0.2, 0.25) is 0 Å². The van der Waals surface area contributed by atoms with Gasteiger partial charge in [-0.1, -0.05) is 38.5 Å². The minimum Gasteiger partial charge on any atom is -0.511 e. The smallest absolute Gasteiger partial charge is 0.511 e. The van der Waals surface area contributed by atoms with Crippen LogP contribution in [0.2, 0.25) is 0 Å². The molecule has 0 radical (unpaired) electrons. The van der Waals surface area contributed by atoms with Gasteiger partial charge in [-0.05, 0) is 92.8 Å². The molecule has 4 rings (SSSR count). The average molecular weight is 551 g/mol. The quantitative estimate of drug-likeness (QED) is 0.467. The molecule has 0 atom stereocenters. The molecule has 2 heterocycles. The normalized spacial score (nSPS) is 22.0. The zero-order valence-electron chi connectivity index (χ0n) is 24.1. The first-order chi connectivity index (χ1) is 19.2. The summed E-state index contributed by atoms with van der Waals surface area (Å²) in [5, 5.41) is 8.86. The number of aryl methyl sites for hydroxylation is 1. The Morgan fingerprint density at radius 1 is 1.07 bits per heavy atom. The Balaban J connectivity index is 1.40. The van der Waals surface area contributed by atoms with E-state index >= 15 is 0 Å². The van der Waals surface area contributed by atoms with Gasteiger partial charge < -0.3 is 20.5 Å². The summed E-state index contributed by atoms with van der Waals surface area (Å²) in [4.78, 5) is 51.8. The highest BCUT2D eigenvalue weighted by Crippen LogP contribution is 2.23. The Morgan fingerprint density at radius 3 is 2.55 bits per heavy atom. The van der Waals surface area contributed by atoms with E-state index in [1.807, 2.05) is 26.0 Å². The summed E-state index contributed by atoms with van der Waals surface area (Å²) in [5.41, 5.74) is 4.50. The van der Waals surface area contributed by atoms with Crippen LogP contribution in [-0.2, 0) is 27.1 Å². The van der Waals surface area contributed by atoms with Crippen molar-refractivity contribution in [2.45, 2.75) is 97.4 Å². The van der Waals surface area contributed by atoms with Gasteiger partial charge in [0.15, 0.2) is 0 Å². The number of urea groups is 2. The Morgan fingerprint density at radius 2 is 1.82 bits per heavy atom. The van der Waals surface area contributed by atoms with Gasteiger partial charge in [-0.25, -0.2) is 4.79 Å². The number of hydrogen-bond acceptors (Lipinski definition) is 5. The van der Waals surface area contributed by atoms with E-state index in [4.69, 9.17) is 4.65 Å². The molecule has 10 heteroatoms. The van der Waals surface area contributed by atoms with Crippen molar-refractivity contribution in [2.75, 3.05) is 13.1 Å². The maximum atomic E-state index is 12.9. The number of benzene rings is 1. The van der Waals surface area contributed by atoms with Crippen molar-refractivity contribution in [3.63, 3.8) is 0 Å². The van der Waals surface area contributed by atoms with Crippen molar-refractivity contribution < 1.29 is 23.8 Å². The molecule has 1 aromatic rings. The minimum atomic E-state index is -0.860. The van der Waals surface area contributed by atoms with E-state index in [1.54, 1.807) is 0 Å². The monoisotopic (exact) mass is 550 g/mol. The lowest BCUT2D eigenvalue weighted by molar-refractivity contribution is -0.134. The number of amides is 5. The Labute approximate surface area is 238 Å². The number of fused-ring (bicyclic) bond motifs is 1. The lowest BCUT2D eigenvalue weighted by Crippen LogP contribution is -2.57. The Kier molecular flexibility index (Phi) is 10.3. The molecule has 2 aliphatic heterocycles. The fraction of sp³-hybridized carbons (Fsp3) is 0.600. The predicted octanol–water partition coefficient (Wildman–Crippen LogP) is 3.74. The molecule has 0 spiro atoms. The summed E-state index contributed by atoms with van der Waals surface area (Å²) in [5.74, 6) is 0.164. The van der Waals surface area contributed by atoms with Crippen LogP contribution in [-0.4, -0.2) is 55.0 Å². The molecule has 40 heavy (non-hydrogen) atoms. The van der Waals surface area contributed by atoms with Crippen LogP contribution in [0.3, 0.4) is 0 Å². The first-order valence-corrected chi connectivity index (χ1v) is 14.9. The number of imide groups is 1. The van der Waals surface area contributed by atoms with E-state index in [-0.39, 0.29) is 30.0 Å². The van der Waals surface area contributed by atoms with Crippen LogP contribution in [0, 0.1) is 5.92 Å². The number of hydrogen-bond donors (Lipinski definition) is 3. The zero-order valence-corrected chi connectivity index (χ0v) is 24.1. The average Bonchev–Trinajstić information content (AvgIpc) is 3.22. The predicted molar refractivity (Wildman–Crippen MR) is 155 cm³/mol. The van der Waals surface area contributed by atoms with Crippen LogP contribution < -0.4 is 21.3 Å². The molecule has 1 saturated carbocycles. The van der Waals surface area contributed by atoms with Gasteiger partial charge in [0.05, 0.1) is 6.54 Å². The van der Waals surface area contributed by atoms with E-state index < -0.39 is 7.05 Å². The van der Waals surface area contributed by atoms with Crippen LogP contribution in [0.5, 0.6) is 0 Å². The summed E-state index contributed by atoms with van der Waals surface area (Å²) < 4.78 is 5.77. The highest BCUT2D eigenvalue weighted by molar-refractivity contribution is 6.69. The third-order valence-electron chi connectivity index (χ3n) is 8.38. The Hall–Kier alpha value is -3.30. The van der Waals surface area contributed by atoms with Gasteiger partial charge in [0.1, 0.15) is 0 Å². The second-order valence-corrected chi connectivity index (χ2v) is 11.5. The van der Waals surface area contributed by atoms with Gasteiger partial charge in [0.25, 0.3) is 11.9 Å². The van der Waals surface area contributed by atoms with Crippen molar-refractivity contribution >= 4 is 36.5 Å². The van der Waals surface area contributed by atoms with Crippen LogP contribution in [0.25, 0.3) is 0 Å². The van der Waals surface area contributed by atoms with E-state index in [0.29, 0.717) is 38.3 Å². The zero-order chi connectivity index (χ0) is 28.6. The number of carbonyl (C=O) groups is 4. The van der Waals surface area contributed by atoms with Gasteiger partial charge >= 0.3 is 19.1 Å². The molecule has 0 unspecified atom stereocenters. The SMILES string of the molecule is CCC1=C(C)CN(C(=O)NCCc2ccc3c(c2)CCCCCC(=O)OB3NC(=O)NC2CCC(C)CC2)C1=O. The maximum Gasteiger partial charge on any atom is 0.522 e. The van der Waals surface area contributed by atoms with E-state index in [9.17, 15) is 19.2 Å². The summed E-state index contributed by atoms with van der Waals surface area (Å²) in [6.45, 7) is 6.79. The fourth-order valence-electron chi connectivity index (χ4n) is 5.94. The number of nitrogens with zero attached hydrogens (tertiary/aromatic N) is 1. The van der Waals surface area contributed by atoms with Crippen molar-refractivity contribution in [1.82, 2.24) is 20.8 Å². The third kappa shape index (κ3) is 7.67. The van der Waals surface area contributed by atoms with Crippen molar-refractivity contribution in [2.24, 2.45) is 5.92 Å². The second-order valence-electron chi connectivity index (χ2n) is 11.5. The lowest BCUT2D eigenvalue weighted by Gasteiger charge is -2.28. The second kappa shape index (κ2) is 13.9. The van der Waals surface area contributed by atoms with E-state index in [1.165, 1.54) is 4.90 Å². The molecule has 216 valence electrons. The molecule has 1 aliphatic carbocycles. The standard InChI is InChI=1S/C30H43BN4O5/c1-4-25-21(3)19-35(28(25)37)30(39)32-17-16-22-12-15-26-23(18-22)8-6-5-7-9-27(36)40-31(26)34-29(38)33-24-13-10-20(2)11-14-24/h12,15,18,20,24H,4-11,13-14,16-17,19H2,1-3H3,(H,32,39)(H2,33,34,38). The van der Waals surface area contributed by atoms with Gasteiger partial charge in [0, 0.05) is 24.6 Å². The molecule has 5 amide bonds.